The minimum absolute atomic E-state index is 0.0774. The maximum Gasteiger partial charge on any atom is 0.257 e. The van der Waals surface area contributed by atoms with Crippen molar-refractivity contribution in [1.82, 2.24) is 9.62 Å². The number of benzene rings is 1. The molecule has 0 radical (unpaired) electrons. The zero-order valence-electron chi connectivity index (χ0n) is 15.6. The second kappa shape index (κ2) is 8.59. The Labute approximate surface area is 154 Å². The number of sulfonamides is 1. The normalized spacial score (nSPS) is 17.7. The fourth-order valence-electron chi connectivity index (χ4n) is 3.05. The van der Waals surface area contributed by atoms with Crippen LogP contribution in [-0.4, -0.2) is 66.4 Å². The Morgan fingerprint density at radius 3 is 2.35 bits per heavy atom. The average Bonchev–Trinajstić information content (AvgIpc) is 2.64. The molecule has 0 bridgehead atoms. The van der Waals surface area contributed by atoms with E-state index in [1.165, 1.54) is 21.3 Å². The number of nitrogens with one attached hydrogen (secondary N) is 1. The van der Waals surface area contributed by atoms with Crippen LogP contribution in [0.4, 0.5) is 0 Å². The summed E-state index contributed by atoms with van der Waals surface area (Å²) in [6, 6.07) is 3.23. The largest absolute Gasteiger partial charge is 0.496 e. The number of ether oxygens (including phenoxy) is 3. The van der Waals surface area contributed by atoms with Crippen LogP contribution in [0.2, 0.25) is 0 Å². The molecule has 1 fully saturated rings. The zero-order valence-corrected chi connectivity index (χ0v) is 16.4. The third-order valence-electron chi connectivity index (χ3n) is 4.38. The maximum absolute atomic E-state index is 13.0. The summed E-state index contributed by atoms with van der Waals surface area (Å²) in [5.41, 5.74) is 0.391. The number of piperidine rings is 1. The minimum Gasteiger partial charge on any atom is -0.496 e. The molecule has 0 saturated carbocycles. The number of amides is 1. The van der Waals surface area contributed by atoms with Crippen LogP contribution in [0.1, 0.15) is 23.2 Å². The molecule has 0 spiro atoms. The number of nitrogens with zero attached hydrogens (tertiary/aromatic N) is 1. The highest BCUT2D eigenvalue weighted by Gasteiger charge is 2.28. The molecule has 1 aromatic carbocycles. The summed E-state index contributed by atoms with van der Waals surface area (Å²) in [7, 11) is 1.27. The Morgan fingerprint density at radius 2 is 1.77 bits per heavy atom. The van der Waals surface area contributed by atoms with Gasteiger partial charge in [0, 0.05) is 31.8 Å². The van der Waals surface area contributed by atoms with E-state index in [1.54, 1.807) is 17.0 Å². The van der Waals surface area contributed by atoms with Crippen LogP contribution < -0.4 is 18.9 Å². The first-order valence-corrected chi connectivity index (χ1v) is 10.2. The summed E-state index contributed by atoms with van der Waals surface area (Å²) in [5.74, 6) is 1.24. The van der Waals surface area contributed by atoms with E-state index in [0.717, 1.165) is 19.1 Å². The Bertz CT molecular complexity index is 750. The Balaban J connectivity index is 2.19. The first kappa shape index (κ1) is 20.3. The molecule has 1 heterocycles. The van der Waals surface area contributed by atoms with Gasteiger partial charge < -0.3 is 19.1 Å². The van der Waals surface area contributed by atoms with E-state index in [-0.39, 0.29) is 11.8 Å². The lowest BCUT2D eigenvalue weighted by molar-refractivity contribution is 0.0672. The van der Waals surface area contributed by atoms with Crippen molar-refractivity contribution < 1.29 is 27.4 Å². The zero-order chi connectivity index (χ0) is 19.3. The maximum atomic E-state index is 13.0. The topological polar surface area (TPSA) is 94.2 Å². The molecule has 1 aliphatic rings. The average molecular weight is 386 g/mol. The smallest absolute Gasteiger partial charge is 0.257 e. The van der Waals surface area contributed by atoms with E-state index in [9.17, 15) is 13.2 Å². The third-order valence-corrected chi connectivity index (χ3v) is 5.07. The van der Waals surface area contributed by atoms with Crippen LogP contribution in [0, 0.1) is 5.92 Å². The number of carbonyl (C=O) groups is 1. The fourth-order valence-corrected chi connectivity index (χ4v) is 3.59. The van der Waals surface area contributed by atoms with Crippen molar-refractivity contribution in [3.05, 3.63) is 17.7 Å². The van der Waals surface area contributed by atoms with Gasteiger partial charge in [-0.15, -0.1) is 0 Å². The summed E-state index contributed by atoms with van der Waals surface area (Å²) in [4.78, 5) is 14.7. The Morgan fingerprint density at radius 1 is 1.15 bits per heavy atom. The molecule has 1 amide bonds. The van der Waals surface area contributed by atoms with Crippen LogP contribution in [-0.2, 0) is 10.0 Å². The van der Waals surface area contributed by atoms with Gasteiger partial charge in [-0.25, -0.2) is 13.1 Å². The molecule has 1 saturated heterocycles. The number of likely N-dealkylation sites (tertiary alicyclic amines) is 1. The minimum atomic E-state index is -3.24. The predicted octanol–water partition coefficient (Wildman–Crippen LogP) is 1.11. The summed E-state index contributed by atoms with van der Waals surface area (Å²) in [5, 5.41) is 0. The van der Waals surface area contributed by atoms with E-state index < -0.39 is 10.0 Å². The quantitative estimate of drug-likeness (QED) is 0.755. The highest BCUT2D eigenvalue weighted by atomic mass is 32.2. The number of hydrogen-bond donors (Lipinski definition) is 1. The molecule has 1 N–H and O–H groups in total. The highest BCUT2D eigenvalue weighted by Crippen LogP contribution is 2.35. The van der Waals surface area contributed by atoms with Gasteiger partial charge in [0.1, 0.15) is 5.75 Å². The number of carbonyl (C=O) groups excluding carboxylic acids is 1. The molecule has 1 aromatic rings. The lowest BCUT2D eigenvalue weighted by Gasteiger charge is -2.33. The van der Waals surface area contributed by atoms with Gasteiger partial charge in [0.05, 0.1) is 33.1 Å². The van der Waals surface area contributed by atoms with Crippen molar-refractivity contribution in [2.75, 3.05) is 47.2 Å². The summed E-state index contributed by atoms with van der Waals surface area (Å²) >= 11 is 0. The number of methoxy groups -OCH3 is 3. The van der Waals surface area contributed by atoms with E-state index in [0.29, 0.717) is 42.4 Å². The van der Waals surface area contributed by atoms with Crippen LogP contribution in [0.25, 0.3) is 0 Å². The van der Waals surface area contributed by atoms with Crippen molar-refractivity contribution in [1.29, 1.82) is 0 Å². The lowest BCUT2D eigenvalue weighted by atomic mass is 9.97. The van der Waals surface area contributed by atoms with Gasteiger partial charge in [-0.1, -0.05) is 0 Å². The molecule has 8 nitrogen and oxygen atoms in total. The molecule has 1 atom stereocenters. The number of hydrogen-bond acceptors (Lipinski definition) is 6. The van der Waals surface area contributed by atoms with E-state index >= 15 is 0 Å². The van der Waals surface area contributed by atoms with Crippen molar-refractivity contribution in [2.24, 2.45) is 5.92 Å². The predicted molar refractivity (Wildman–Crippen MR) is 97.6 cm³/mol. The van der Waals surface area contributed by atoms with Crippen LogP contribution in [0.3, 0.4) is 0 Å². The van der Waals surface area contributed by atoms with Gasteiger partial charge in [0.15, 0.2) is 11.5 Å². The van der Waals surface area contributed by atoms with Gasteiger partial charge in [-0.05, 0) is 18.8 Å². The molecule has 2 rings (SSSR count). The summed E-state index contributed by atoms with van der Waals surface area (Å²) in [6.45, 7) is 1.43. The first-order chi connectivity index (χ1) is 12.3. The molecule has 26 heavy (non-hydrogen) atoms. The first-order valence-electron chi connectivity index (χ1n) is 8.33. The summed E-state index contributed by atoms with van der Waals surface area (Å²) in [6.07, 6.45) is 2.82. The Hall–Kier alpha value is -2.00. The lowest BCUT2D eigenvalue weighted by Crippen LogP contribution is -2.43. The standard InChI is InChI=1S/C17H26N2O6S/c1-23-14-9-16(25-3)15(24-2)8-13(14)17(20)19-7-5-6-12(11-19)10-18-26(4,21)22/h8-9,12,18H,5-7,10-11H2,1-4H3. The molecule has 146 valence electrons. The van der Waals surface area contributed by atoms with E-state index in [2.05, 4.69) is 4.72 Å². The van der Waals surface area contributed by atoms with Gasteiger partial charge in [-0.3, -0.25) is 4.79 Å². The molecule has 1 aliphatic heterocycles. The Kier molecular flexibility index (Phi) is 6.71. The molecular formula is C17H26N2O6S. The van der Waals surface area contributed by atoms with Gasteiger partial charge in [-0.2, -0.15) is 0 Å². The SMILES string of the molecule is COc1cc(OC)c(C(=O)N2CCCC(CNS(C)(=O)=O)C2)cc1OC. The second-order valence-corrected chi connectivity index (χ2v) is 8.12. The molecule has 1 unspecified atom stereocenters. The van der Waals surface area contributed by atoms with E-state index in [1.807, 2.05) is 0 Å². The third kappa shape index (κ3) is 5.01. The van der Waals surface area contributed by atoms with Gasteiger partial charge in [0.2, 0.25) is 10.0 Å². The highest BCUT2D eigenvalue weighted by molar-refractivity contribution is 7.88. The van der Waals surface area contributed by atoms with Crippen molar-refractivity contribution >= 4 is 15.9 Å². The van der Waals surface area contributed by atoms with Gasteiger partial charge in [0.25, 0.3) is 5.91 Å². The van der Waals surface area contributed by atoms with Crippen molar-refractivity contribution in [3.63, 3.8) is 0 Å². The summed E-state index contributed by atoms with van der Waals surface area (Å²) < 4.78 is 41.0. The van der Waals surface area contributed by atoms with Crippen molar-refractivity contribution in [3.8, 4) is 17.2 Å². The second-order valence-electron chi connectivity index (χ2n) is 6.29. The van der Waals surface area contributed by atoms with Crippen molar-refractivity contribution in [2.45, 2.75) is 12.8 Å². The fraction of sp³-hybridized carbons (Fsp3) is 0.588. The monoisotopic (exact) mass is 386 g/mol. The molecular weight excluding hydrogens is 360 g/mol. The molecule has 0 aliphatic carbocycles. The van der Waals surface area contributed by atoms with Crippen LogP contribution in [0.5, 0.6) is 17.2 Å². The molecule has 0 aromatic heterocycles. The number of rotatable bonds is 7. The molecule has 9 heteroatoms. The van der Waals surface area contributed by atoms with E-state index in [4.69, 9.17) is 14.2 Å². The van der Waals surface area contributed by atoms with Crippen LogP contribution in [0.15, 0.2) is 12.1 Å². The van der Waals surface area contributed by atoms with Crippen LogP contribution >= 0.6 is 0 Å². The van der Waals surface area contributed by atoms with Gasteiger partial charge >= 0.3 is 0 Å².